The predicted octanol–water partition coefficient (Wildman–Crippen LogP) is 1.01. The SMILES string of the molecule is CCO[SiH](OCC)C(C)CN=C=O. The Bertz CT molecular complexity index is 165. The lowest BCUT2D eigenvalue weighted by molar-refractivity contribution is 0.206. The molecule has 0 spiro atoms. The lowest BCUT2D eigenvalue weighted by atomic mass is 10.5. The van der Waals surface area contributed by atoms with E-state index < -0.39 is 9.28 Å². The summed E-state index contributed by atoms with van der Waals surface area (Å²) >= 11 is 0. The molecule has 4 nitrogen and oxygen atoms in total. The normalized spacial score (nSPS) is 12.6. The molecule has 5 heteroatoms. The molecule has 0 amide bonds. The van der Waals surface area contributed by atoms with Crippen LogP contribution in [0.5, 0.6) is 0 Å². The summed E-state index contributed by atoms with van der Waals surface area (Å²) in [6, 6.07) is 0. The van der Waals surface area contributed by atoms with E-state index in [1.807, 2.05) is 20.8 Å². The van der Waals surface area contributed by atoms with Crippen LogP contribution in [-0.4, -0.2) is 35.1 Å². The van der Waals surface area contributed by atoms with E-state index in [9.17, 15) is 4.79 Å². The van der Waals surface area contributed by atoms with Gasteiger partial charge in [0.1, 0.15) is 0 Å². The molecule has 0 aliphatic heterocycles. The van der Waals surface area contributed by atoms with Crippen LogP contribution in [0.3, 0.4) is 0 Å². The van der Waals surface area contributed by atoms with Crippen LogP contribution < -0.4 is 0 Å². The van der Waals surface area contributed by atoms with Gasteiger partial charge in [0.25, 0.3) is 0 Å². The summed E-state index contributed by atoms with van der Waals surface area (Å²) < 4.78 is 10.9. The van der Waals surface area contributed by atoms with Crippen molar-refractivity contribution < 1.29 is 13.6 Å². The zero-order valence-corrected chi connectivity index (χ0v) is 9.60. The van der Waals surface area contributed by atoms with E-state index in [1.54, 1.807) is 0 Å². The lowest BCUT2D eigenvalue weighted by Crippen LogP contribution is -2.29. The number of rotatable bonds is 7. The van der Waals surface area contributed by atoms with Crippen molar-refractivity contribution in [1.82, 2.24) is 0 Å². The zero-order chi connectivity index (χ0) is 10.1. The maximum Gasteiger partial charge on any atom is 0.326 e. The van der Waals surface area contributed by atoms with Gasteiger partial charge in [-0.25, -0.2) is 9.79 Å². The van der Waals surface area contributed by atoms with Gasteiger partial charge in [-0.3, -0.25) is 0 Å². The maximum atomic E-state index is 9.89. The first kappa shape index (κ1) is 12.5. The molecule has 0 aromatic heterocycles. The van der Waals surface area contributed by atoms with Crippen LogP contribution in [0.1, 0.15) is 20.8 Å². The van der Waals surface area contributed by atoms with E-state index in [0.717, 1.165) is 0 Å². The van der Waals surface area contributed by atoms with Crippen molar-refractivity contribution in [2.45, 2.75) is 26.3 Å². The zero-order valence-electron chi connectivity index (χ0n) is 8.45. The van der Waals surface area contributed by atoms with Crippen molar-refractivity contribution in [1.29, 1.82) is 0 Å². The van der Waals surface area contributed by atoms with Crippen LogP contribution in [0.25, 0.3) is 0 Å². The third-order valence-electron chi connectivity index (χ3n) is 1.57. The van der Waals surface area contributed by atoms with Crippen LogP contribution in [0, 0.1) is 0 Å². The first-order valence-corrected chi connectivity index (χ1v) is 6.14. The molecule has 0 N–H and O–H groups in total. The molecule has 0 aliphatic carbocycles. The molecule has 0 radical (unpaired) electrons. The van der Waals surface area contributed by atoms with Gasteiger partial charge < -0.3 is 8.85 Å². The standard InChI is InChI=1S/C8H17NO3Si/c1-4-11-13(12-5-2)8(3)6-9-7-10/h8,13H,4-6H2,1-3H3. The Balaban J connectivity index is 3.92. The Kier molecular flexibility index (Phi) is 7.83. The van der Waals surface area contributed by atoms with E-state index in [4.69, 9.17) is 8.85 Å². The van der Waals surface area contributed by atoms with Gasteiger partial charge in [-0.2, -0.15) is 0 Å². The maximum absolute atomic E-state index is 9.89. The van der Waals surface area contributed by atoms with Gasteiger partial charge in [0.15, 0.2) is 0 Å². The van der Waals surface area contributed by atoms with Gasteiger partial charge in [0.05, 0.1) is 6.54 Å². The first-order valence-electron chi connectivity index (χ1n) is 4.53. The fourth-order valence-electron chi connectivity index (χ4n) is 0.973. The Hall–Kier alpha value is -0.483. The molecular formula is C8H17NO3Si. The Morgan fingerprint density at radius 1 is 1.38 bits per heavy atom. The average molecular weight is 203 g/mol. The van der Waals surface area contributed by atoms with Crippen LogP contribution in [0.2, 0.25) is 5.54 Å². The third kappa shape index (κ3) is 5.71. The van der Waals surface area contributed by atoms with Gasteiger partial charge in [0, 0.05) is 18.8 Å². The molecule has 0 rings (SSSR count). The van der Waals surface area contributed by atoms with Gasteiger partial charge in [-0.05, 0) is 13.8 Å². The highest BCUT2D eigenvalue weighted by molar-refractivity contribution is 6.46. The molecule has 0 saturated heterocycles. The monoisotopic (exact) mass is 203 g/mol. The molecule has 0 fully saturated rings. The topological polar surface area (TPSA) is 47.9 Å². The minimum atomic E-state index is -1.63. The lowest BCUT2D eigenvalue weighted by Gasteiger charge is -2.19. The number of hydrogen-bond acceptors (Lipinski definition) is 4. The minimum absolute atomic E-state index is 0.223. The molecule has 0 bridgehead atoms. The summed E-state index contributed by atoms with van der Waals surface area (Å²) in [5.74, 6) is 0. The van der Waals surface area contributed by atoms with Crippen LogP contribution in [-0.2, 0) is 13.6 Å². The van der Waals surface area contributed by atoms with Crippen molar-refractivity contribution >= 4 is 15.4 Å². The van der Waals surface area contributed by atoms with Crippen LogP contribution in [0.4, 0.5) is 0 Å². The second kappa shape index (κ2) is 8.13. The van der Waals surface area contributed by atoms with E-state index in [2.05, 4.69) is 4.99 Å². The second-order valence-corrected chi connectivity index (χ2v) is 5.23. The van der Waals surface area contributed by atoms with E-state index in [0.29, 0.717) is 19.8 Å². The van der Waals surface area contributed by atoms with Gasteiger partial charge in [0.2, 0.25) is 6.08 Å². The highest BCUT2D eigenvalue weighted by atomic mass is 28.3. The summed E-state index contributed by atoms with van der Waals surface area (Å²) in [6.07, 6.45) is 1.52. The summed E-state index contributed by atoms with van der Waals surface area (Å²) in [5.41, 5.74) is 0.223. The fourth-order valence-corrected chi connectivity index (χ4v) is 2.66. The van der Waals surface area contributed by atoms with Crippen molar-refractivity contribution in [3.8, 4) is 0 Å². The summed E-state index contributed by atoms with van der Waals surface area (Å²) in [4.78, 5) is 13.4. The molecule has 1 atom stereocenters. The summed E-state index contributed by atoms with van der Waals surface area (Å²) in [6.45, 7) is 7.64. The second-order valence-electron chi connectivity index (χ2n) is 2.69. The van der Waals surface area contributed by atoms with Crippen molar-refractivity contribution in [2.24, 2.45) is 4.99 Å². The highest BCUT2D eigenvalue weighted by Crippen LogP contribution is 2.11. The molecular weight excluding hydrogens is 186 g/mol. The average Bonchev–Trinajstić information content (AvgIpc) is 2.14. The predicted molar refractivity (Wildman–Crippen MR) is 52.8 cm³/mol. The molecule has 1 unspecified atom stereocenters. The molecule has 0 aromatic rings. The highest BCUT2D eigenvalue weighted by Gasteiger charge is 2.20. The molecule has 0 aromatic carbocycles. The Morgan fingerprint density at radius 3 is 2.31 bits per heavy atom. The summed E-state index contributed by atoms with van der Waals surface area (Å²) in [7, 11) is -1.63. The third-order valence-corrected chi connectivity index (χ3v) is 4.03. The van der Waals surface area contributed by atoms with E-state index >= 15 is 0 Å². The first-order chi connectivity index (χ1) is 6.26. The fraction of sp³-hybridized carbons (Fsp3) is 0.875. The van der Waals surface area contributed by atoms with E-state index in [1.165, 1.54) is 6.08 Å². The molecule has 0 saturated carbocycles. The number of hydrogen-bond donors (Lipinski definition) is 0. The van der Waals surface area contributed by atoms with Gasteiger partial charge >= 0.3 is 9.28 Å². The van der Waals surface area contributed by atoms with E-state index in [-0.39, 0.29) is 5.54 Å². The Morgan fingerprint density at radius 2 is 1.92 bits per heavy atom. The largest absolute Gasteiger partial charge is 0.397 e. The van der Waals surface area contributed by atoms with Crippen molar-refractivity contribution in [3.05, 3.63) is 0 Å². The number of carbonyl (C=O) groups excluding carboxylic acids is 1. The number of nitrogens with zero attached hydrogens (tertiary/aromatic N) is 1. The molecule has 76 valence electrons. The smallest absolute Gasteiger partial charge is 0.326 e. The number of aliphatic imine (C=N–C) groups is 1. The molecule has 0 heterocycles. The Labute approximate surface area is 80.8 Å². The molecule has 13 heavy (non-hydrogen) atoms. The van der Waals surface area contributed by atoms with Gasteiger partial charge in [-0.1, -0.05) is 6.92 Å². The van der Waals surface area contributed by atoms with Crippen LogP contribution >= 0.6 is 0 Å². The molecule has 0 aliphatic rings. The number of isocyanates is 1. The summed E-state index contributed by atoms with van der Waals surface area (Å²) in [5, 5.41) is 0. The van der Waals surface area contributed by atoms with Gasteiger partial charge in [-0.15, -0.1) is 0 Å². The van der Waals surface area contributed by atoms with Crippen molar-refractivity contribution in [2.75, 3.05) is 19.8 Å². The minimum Gasteiger partial charge on any atom is -0.397 e. The van der Waals surface area contributed by atoms with Crippen LogP contribution in [0.15, 0.2) is 4.99 Å². The van der Waals surface area contributed by atoms with Crippen molar-refractivity contribution in [3.63, 3.8) is 0 Å². The quantitative estimate of drug-likeness (QED) is 0.352.